The van der Waals surface area contributed by atoms with Gasteiger partial charge in [0.25, 0.3) is 5.56 Å². The standard InChI is InChI=1S/C20H21N3O4S/c1-10-7-6-8-14(11(10)2)22-17(24)13(4)23-9-21-18-15(19(23)25)12(3)16(28-18)20(26)27-5/h6-9,13H,1-5H3,(H,22,24). The number of benzene rings is 1. The number of rotatable bonds is 4. The Labute approximate surface area is 166 Å². The van der Waals surface area contributed by atoms with Crippen LogP contribution in [0.1, 0.15) is 39.3 Å². The van der Waals surface area contributed by atoms with Crippen LogP contribution in [-0.4, -0.2) is 28.5 Å². The fraction of sp³-hybridized carbons (Fsp3) is 0.300. The SMILES string of the molecule is COC(=O)c1sc2ncn(C(C)C(=O)Nc3cccc(C)c3C)c(=O)c2c1C. The van der Waals surface area contributed by atoms with E-state index in [2.05, 4.69) is 10.3 Å². The Kier molecular flexibility index (Phi) is 5.33. The lowest BCUT2D eigenvalue weighted by atomic mass is 10.1. The Morgan fingerprint density at radius 2 is 1.93 bits per heavy atom. The van der Waals surface area contributed by atoms with Crippen LogP contribution in [0.2, 0.25) is 0 Å². The zero-order valence-corrected chi connectivity index (χ0v) is 17.1. The summed E-state index contributed by atoms with van der Waals surface area (Å²) in [7, 11) is 1.29. The number of amides is 1. The van der Waals surface area contributed by atoms with Gasteiger partial charge in [0.2, 0.25) is 5.91 Å². The summed E-state index contributed by atoms with van der Waals surface area (Å²) >= 11 is 1.11. The lowest BCUT2D eigenvalue weighted by Crippen LogP contribution is -2.32. The average Bonchev–Trinajstić information content (AvgIpc) is 3.02. The van der Waals surface area contributed by atoms with Gasteiger partial charge in [-0.05, 0) is 50.5 Å². The van der Waals surface area contributed by atoms with E-state index in [0.717, 1.165) is 22.5 Å². The van der Waals surface area contributed by atoms with Crippen molar-refractivity contribution in [3.05, 3.63) is 56.4 Å². The number of aromatic nitrogens is 2. The van der Waals surface area contributed by atoms with Crippen LogP contribution in [0.3, 0.4) is 0 Å². The number of carbonyl (C=O) groups excluding carboxylic acids is 2. The molecule has 1 atom stereocenters. The van der Waals surface area contributed by atoms with Gasteiger partial charge in [0.1, 0.15) is 15.7 Å². The molecular formula is C20H21N3O4S. The summed E-state index contributed by atoms with van der Waals surface area (Å²) in [5.41, 5.74) is 2.90. The van der Waals surface area contributed by atoms with E-state index in [9.17, 15) is 14.4 Å². The molecule has 1 aromatic carbocycles. The maximum Gasteiger partial charge on any atom is 0.348 e. The van der Waals surface area contributed by atoms with Crippen LogP contribution < -0.4 is 10.9 Å². The van der Waals surface area contributed by atoms with Crippen molar-refractivity contribution < 1.29 is 14.3 Å². The first-order valence-corrected chi connectivity index (χ1v) is 9.53. The van der Waals surface area contributed by atoms with Crippen LogP contribution in [0.25, 0.3) is 10.2 Å². The highest BCUT2D eigenvalue weighted by Crippen LogP contribution is 2.28. The lowest BCUT2D eigenvalue weighted by Gasteiger charge is -2.16. The van der Waals surface area contributed by atoms with Gasteiger partial charge in [0, 0.05) is 5.69 Å². The molecule has 2 heterocycles. The molecular weight excluding hydrogens is 378 g/mol. The average molecular weight is 399 g/mol. The van der Waals surface area contributed by atoms with Gasteiger partial charge in [-0.25, -0.2) is 9.78 Å². The van der Waals surface area contributed by atoms with E-state index < -0.39 is 12.0 Å². The number of esters is 1. The van der Waals surface area contributed by atoms with Gasteiger partial charge in [-0.2, -0.15) is 0 Å². The number of thiophene rings is 1. The van der Waals surface area contributed by atoms with Gasteiger partial charge in [0.05, 0.1) is 18.8 Å². The summed E-state index contributed by atoms with van der Waals surface area (Å²) in [5, 5.41) is 3.21. The molecule has 1 amide bonds. The topological polar surface area (TPSA) is 90.3 Å². The van der Waals surface area contributed by atoms with Gasteiger partial charge < -0.3 is 10.1 Å². The number of fused-ring (bicyclic) bond motifs is 1. The summed E-state index contributed by atoms with van der Waals surface area (Å²) in [6.45, 7) is 7.21. The second-order valence-electron chi connectivity index (χ2n) is 6.60. The van der Waals surface area contributed by atoms with Gasteiger partial charge in [-0.15, -0.1) is 11.3 Å². The van der Waals surface area contributed by atoms with Crippen molar-refractivity contribution in [1.29, 1.82) is 0 Å². The molecule has 0 saturated carbocycles. The molecule has 0 fully saturated rings. The van der Waals surface area contributed by atoms with Gasteiger partial charge in [-0.1, -0.05) is 12.1 Å². The number of carbonyl (C=O) groups is 2. The largest absolute Gasteiger partial charge is 0.465 e. The number of hydrogen-bond acceptors (Lipinski definition) is 6. The minimum absolute atomic E-state index is 0.321. The molecule has 146 valence electrons. The first-order valence-electron chi connectivity index (χ1n) is 8.71. The van der Waals surface area contributed by atoms with Gasteiger partial charge in [-0.3, -0.25) is 14.2 Å². The first kappa shape index (κ1) is 19.8. The summed E-state index contributed by atoms with van der Waals surface area (Å²) < 4.78 is 6.04. The maximum atomic E-state index is 13.0. The minimum atomic E-state index is -0.773. The third-order valence-electron chi connectivity index (χ3n) is 4.91. The third-order valence-corrected chi connectivity index (χ3v) is 6.09. The smallest absolute Gasteiger partial charge is 0.348 e. The van der Waals surface area contributed by atoms with E-state index in [0.29, 0.717) is 26.3 Å². The lowest BCUT2D eigenvalue weighted by molar-refractivity contribution is -0.118. The second kappa shape index (κ2) is 7.55. The first-order chi connectivity index (χ1) is 13.3. The molecule has 1 unspecified atom stereocenters. The molecule has 0 radical (unpaired) electrons. The molecule has 1 N–H and O–H groups in total. The van der Waals surface area contributed by atoms with Crippen molar-refractivity contribution in [2.75, 3.05) is 12.4 Å². The number of methoxy groups -OCH3 is 1. The fourth-order valence-corrected chi connectivity index (χ4v) is 4.01. The molecule has 0 aliphatic rings. The Bertz CT molecular complexity index is 1150. The number of aryl methyl sites for hydroxylation is 2. The Morgan fingerprint density at radius 3 is 2.61 bits per heavy atom. The predicted octanol–water partition coefficient (Wildman–Crippen LogP) is 3.37. The normalized spacial score (nSPS) is 12.0. The van der Waals surface area contributed by atoms with Crippen molar-refractivity contribution in [3.63, 3.8) is 0 Å². The maximum absolute atomic E-state index is 13.0. The molecule has 0 spiro atoms. The van der Waals surface area contributed by atoms with E-state index in [1.165, 1.54) is 18.0 Å². The van der Waals surface area contributed by atoms with E-state index >= 15 is 0 Å². The molecule has 0 bridgehead atoms. The summed E-state index contributed by atoms with van der Waals surface area (Å²) in [6.07, 6.45) is 1.34. The van der Waals surface area contributed by atoms with Gasteiger partial charge in [0.15, 0.2) is 0 Å². The molecule has 3 rings (SSSR count). The molecule has 8 heteroatoms. The van der Waals surface area contributed by atoms with E-state index in [1.807, 2.05) is 32.0 Å². The monoisotopic (exact) mass is 399 g/mol. The van der Waals surface area contributed by atoms with Crippen LogP contribution >= 0.6 is 11.3 Å². The van der Waals surface area contributed by atoms with Crippen molar-refractivity contribution in [1.82, 2.24) is 9.55 Å². The highest BCUT2D eigenvalue weighted by Gasteiger charge is 2.23. The molecule has 28 heavy (non-hydrogen) atoms. The van der Waals surface area contributed by atoms with E-state index in [-0.39, 0.29) is 11.5 Å². The fourth-order valence-electron chi connectivity index (χ4n) is 2.95. The van der Waals surface area contributed by atoms with Crippen LogP contribution in [0, 0.1) is 20.8 Å². The third kappa shape index (κ3) is 3.31. The van der Waals surface area contributed by atoms with Crippen molar-refractivity contribution in [2.45, 2.75) is 33.7 Å². The molecule has 0 saturated heterocycles. The van der Waals surface area contributed by atoms with Crippen molar-refractivity contribution >= 4 is 39.1 Å². The number of nitrogens with one attached hydrogen (secondary N) is 1. The molecule has 3 aromatic rings. The van der Waals surface area contributed by atoms with Crippen molar-refractivity contribution in [3.8, 4) is 0 Å². The quantitative estimate of drug-likeness (QED) is 0.680. The Balaban J connectivity index is 1.98. The van der Waals surface area contributed by atoms with Crippen LogP contribution in [-0.2, 0) is 9.53 Å². The number of ether oxygens (including phenoxy) is 1. The van der Waals surface area contributed by atoms with Gasteiger partial charge >= 0.3 is 5.97 Å². The van der Waals surface area contributed by atoms with Crippen LogP contribution in [0.15, 0.2) is 29.3 Å². The highest BCUT2D eigenvalue weighted by atomic mass is 32.1. The number of anilines is 1. The Hall–Kier alpha value is -3.00. The van der Waals surface area contributed by atoms with E-state index in [4.69, 9.17) is 4.74 Å². The second-order valence-corrected chi connectivity index (χ2v) is 7.60. The number of hydrogen-bond donors (Lipinski definition) is 1. The van der Waals surface area contributed by atoms with E-state index in [1.54, 1.807) is 13.8 Å². The highest BCUT2D eigenvalue weighted by molar-refractivity contribution is 7.20. The van der Waals surface area contributed by atoms with Crippen molar-refractivity contribution in [2.24, 2.45) is 0 Å². The molecule has 7 nitrogen and oxygen atoms in total. The number of nitrogens with zero attached hydrogens (tertiary/aromatic N) is 2. The summed E-state index contributed by atoms with van der Waals surface area (Å²) in [5.74, 6) is -0.829. The predicted molar refractivity (Wildman–Crippen MR) is 109 cm³/mol. The molecule has 0 aliphatic heterocycles. The van der Waals surface area contributed by atoms with Crippen LogP contribution in [0.5, 0.6) is 0 Å². The summed E-state index contributed by atoms with van der Waals surface area (Å²) in [4.78, 5) is 42.7. The summed E-state index contributed by atoms with van der Waals surface area (Å²) in [6, 6.07) is 4.88. The minimum Gasteiger partial charge on any atom is -0.465 e. The zero-order valence-electron chi connectivity index (χ0n) is 16.3. The molecule has 2 aromatic heterocycles. The van der Waals surface area contributed by atoms with Crippen LogP contribution in [0.4, 0.5) is 5.69 Å². The zero-order chi connectivity index (χ0) is 20.6. The Morgan fingerprint density at radius 1 is 1.21 bits per heavy atom. The molecule has 0 aliphatic carbocycles.